The largest absolute Gasteiger partial charge is 0.396 e. The maximum absolute atomic E-state index is 9.33. The molecular weight excluding hydrogens is 196 g/mol. The lowest BCUT2D eigenvalue weighted by Crippen LogP contribution is -2.12. The van der Waals surface area contributed by atoms with Crippen LogP contribution in [0.4, 0.5) is 0 Å². The monoisotopic (exact) mass is 220 g/mol. The van der Waals surface area contributed by atoms with Gasteiger partial charge in [0.2, 0.25) is 0 Å². The van der Waals surface area contributed by atoms with Gasteiger partial charge >= 0.3 is 0 Å². The van der Waals surface area contributed by atoms with Gasteiger partial charge in [-0.1, -0.05) is 45.9 Å². The van der Waals surface area contributed by atoms with Crippen molar-refractivity contribution in [1.82, 2.24) is 0 Å². The van der Waals surface area contributed by atoms with Crippen molar-refractivity contribution in [2.75, 3.05) is 6.61 Å². The molecule has 16 heavy (non-hydrogen) atoms. The van der Waals surface area contributed by atoms with E-state index in [0.717, 1.165) is 6.42 Å². The summed E-state index contributed by atoms with van der Waals surface area (Å²) in [6, 6.07) is 6.63. The van der Waals surface area contributed by atoms with Crippen LogP contribution >= 0.6 is 0 Å². The van der Waals surface area contributed by atoms with Gasteiger partial charge in [-0.2, -0.15) is 0 Å². The maximum atomic E-state index is 9.33. The fourth-order valence-corrected chi connectivity index (χ4v) is 2.05. The number of benzene rings is 1. The molecule has 0 bridgehead atoms. The van der Waals surface area contributed by atoms with E-state index in [1.807, 2.05) is 0 Å². The third kappa shape index (κ3) is 2.85. The highest BCUT2D eigenvalue weighted by Crippen LogP contribution is 2.28. The standard InChI is InChI=1S/C15H24O/c1-6-12(10-16)14-8-7-13(9-11(14)2)15(3,4)5/h7-9,12,16H,6,10H2,1-5H3. The highest BCUT2D eigenvalue weighted by Gasteiger charge is 2.16. The number of hydrogen-bond acceptors (Lipinski definition) is 1. The first-order valence-electron chi connectivity index (χ1n) is 6.12. The van der Waals surface area contributed by atoms with Gasteiger partial charge in [-0.25, -0.2) is 0 Å². The summed E-state index contributed by atoms with van der Waals surface area (Å²) in [5.74, 6) is 0.286. The van der Waals surface area contributed by atoms with E-state index in [2.05, 4.69) is 52.8 Å². The van der Waals surface area contributed by atoms with Crippen LogP contribution in [0.5, 0.6) is 0 Å². The minimum absolute atomic E-state index is 0.199. The molecule has 0 fully saturated rings. The molecule has 0 aliphatic rings. The molecule has 1 atom stereocenters. The summed E-state index contributed by atoms with van der Waals surface area (Å²) in [6.07, 6.45) is 0.992. The molecule has 0 saturated heterocycles. The van der Waals surface area contributed by atoms with Crippen molar-refractivity contribution in [2.45, 2.75) is 52.4 Å². The van der Waals surface area contributed by atoms with E-state index in [0.29, 0.717) is 0 Å². The van der Waals surface area contributed by atoms with Crippen molar-refractivity contribution in [3.63, 3.8) is 0 Å². The van der Waals surface area contributed by atoms with Gasteiger partial charge in [-0.15, -0.1) is 0 Å². The van der Waals surface area contributed by atoms with E-state index in [4.69, 9.17) is 0 Å². The first-order chi connectivity index (χ1) is 7.40. The zero-order chi connectivity index (χ0) is 12.3. The average molecular weight is 220 g/mol. The predicted octanol–water partition coefficient (Wildman–Crippen LogP) is 3.78. The van der Waals surface area contributed by atoms with Crippen LogP contribution in [-0.4, -0.2) is 11.7 Å². The van der Waals surface area contributed by atoms with Gasteiger partial charge in [-0.3, -0.25) is 0 Å². The zero-order valence-corrected chi connectivity index (χ0v) is 11.2. The van der Waals surface area contributed by atoms with Gasteiger partial charge in [-0.05, 0) is 35.4 Å². The molecule has 90 valence electrons. The van der Waals surface area contributed by atoms with Gasteiger partial charge in [0.05, 0.1) is 0 Å². The van der Waals surface area contributed by atoms with Crippen molar-refractivity contribution in [3.05, 3.63) is 34.9 Å². The molecule has 1 N–H and O–H groups in total. The molecule has 1 aromatic carbocycles. The molecule has 0 spiro atoms. The second-order valence-corrected chi connectivity index (χ2v) is 5.61. The SMILES string of the molecule is CCC(CO)c1ccc(C(C)(C)C)cc1C. The van der Waals surface area contributed by atoms with Crippen molar-refractivity contribution in [2.24, 2.45) is 0 Å². The van der Waals surface area contributed by atoms with Crippen LogP contribution in [0.25, 0.3) is 0 Å². The minimum Gasteiger partial charge on any atom is -0.396 e. The number of rotatable bonds is 3. The molecule has 1 heteroatoms. The molecule has 0 amide bonds. The van der Waals surface area contributed by atoms with Crippen molar-refractivity contribution in [3.8, 4) is 0 Å². The lowest BCUT2D eigenvalue weighted by Gasteiger charge is -2.22. The van der Waals surface area contributed by atoms with Crippen LogP contribution < -0.4 is 0 Å². The van der Waals surface area contributed by atoms with Crippen LogP contribution in [0.1, 0.15) is 56.7 Å². The van der Waals surface area contributed by atoms with E-state index in [1.54, 1.807) is 0 Å². The van der Waals surface area contributed by atoms with Gasteiger partial charge in [0, 0.05) is 12.5 Å². The highest BCUT2D eigenvalue weighted by molar-refractivity contribution is 5.36. The van der Waals surface area contributed by atoms with Gasteiger partial charge in [0.1, 0.15) is 0 Å². The van der Waals surface area contributed by atoms with E-state index >= 15 is 0 Å². The van der Waals surface area contributed by atoms with Crippen LogP contribution in [0, 0.1) is 6.92 Å². The summed E-state index contributed by atoms with van der Waals surface area (Å²) in [7, 11) is 0. The van der Waals surface area contributed by atoms with Crippen LogP contribution in [0.3, 0.4) is 0 Å². The molecule has 1 aromatic rings. The molecule has 0 aliphatic carbocycles. The first kappa shape index (κ1) is 13.2. The first-order valence-corrected chi connectivity index (χ1v) is 6.12. The molecule has 0 aromatic heterocycles. The zero-order valence-electron chi connectivity index (χ0n) is 11.2. The maximum Gasteiger partial charge on any atom is 0.0499 e. The van der Waals surface area contributed by atoms with Crippen LogP contribution in [0.15, 0.2) is 18.2 Å². The normalized spacial score (nSPS) is 13.9. The van der Waals surface area contributed by atoms with Crippen molar-refractivity contribution in [1.29, 1.82) is 0 Å². The lowest BCUT2D eigenvalue weighted by molar-refractivity contribution is 0.262. The summed E-state index contributed by atoms with van der Waals surface area (Å²) in [4.78, 5) is 0. The number of aryl methyl sites for hydroxylation is 1. The molecule has 0 saturated carbocycles. The Morgan fingerprint density at radius 2 is 1.88 bits per heavy atom. The Kier molecular flexibility index (Phi) is 4.15. The number of hydrogen-bond donors (Lipinski definition) is 1. The smallest absolute Gasteiger partial charge is 0.0499 e. The summed E-state index contributed by atoms with van der Waals surface area (Å²) in [5, 5.41) is 9.33. The minimum atomic E-state index is 0.199. The Balaban J connectivity index is 3.09. The molecule has 1 nitrogen and oxygen atoms in total. The average Bonchev–Trinajstić information content (AvgIpc) is 2.20. The van der Waals surface area contributed by atoms with Gasteiger partial charge in [0.15, 0.2) is 0 Å². The topological polar surface area (TPSA) is 20.2 Å². The van der Waals surface area contributed by atoms with Gasteiger partial charge in [0.25, 0.3) is 0 Å². The third-order valence-corrected chi connectivity index (χ3v) is 3.29. The van der Waals surface area contributed by atoms with Crippen LogP contribution in [0.2, 0.25) is 0 Å². The highest BCUT2D eigenvalue weighted by atomic mass is 16.3. The third-order valence-electron chi connectivity index (χ3n) is 3.29. The molecular formula is C15H24O. The Hall–Kier alpha value is -0.820. The molecule has 1 rings (SSSR count). The molecule has 1 unspecified atom stereocenters. The predicted molar refractivity (Wildman–Crippen MR) is 70.0 cm³/mol. The molecule has 0 heterocycles. The molecule has 0 radical (unpaired) electrons. The van der Waals surface area contributed by atoms with E-state index in [-0.39, 0.29) is 17.9 Å². The summed E-state index contributed by atoms with van der Waals surface area (Å²) >= 11 is 0. The Bertz CT molecular complexity index is 343. The number of aliphatic hydroxyl groups excluding tert-OH is 1. The van der Waals surface area contributed by atoms with Crippen molar-refractivity contribution >= 4 is 0 Å². The Labute approximate surface area is 99.5 Å². The molecule has 0 aliphatic heterocycles. The summed E-state index contributed by atoms with van der Waals surface area (Å²) in [5.41, 5.74) is 4.15. The summed E-state index contributed by atoms with van der Waals surface area (Å²) in [6.45, 7) is 11.2. The Morgan fingerprint density at radius 3 is 2.25 bits per heavy atom. The van der Waals surface area contributed by atoms with E-state index < -0.39 is 0 Å². The van der Waals surface area contributed by atoms with Crippen LogP contribution in [-0.2, 0) is 5.41 Å². The Morgan fingerprint density at radius 1 is 1.25 bits per heavy atom. The quantitative estimate of drug-likeness (QED) is 0.822. The number of aliphatic hydroxyl groups is 1. The second-order valence-electron chi connectivity index (χ2n) is 5.61. The lowest BCUT2D eigenvalue weighted by atomic mass is 9.83. The fourth-order valence-electron chi connectivity index (χ4n) is 2.05. The van der Waals surface area contributed by atoms with E-state index in [1.165, 1.54) is 16.7 Å². The summed E-state index contributed by atoms with van der Waals surface area (Å²) < 4.78 is 0. The van der Waals surface area contributed by atoms with Gasteiger partial charge < -0.3 is 5.11 Å². The van der Waals surface area contributed by atoms with Crippen molar-refractivity contribution < 1.29 is 5.11 Å². The second kappa shape index (κ2) is 5.01. The van der Waals surface area contributed by atoms with E-state index in [9.17, 15) is 5.11 Å². The fraction of sp³-hybridized carbons (Fsp3) is 0.600.